The smallest absolute Gasteiger partial charge is 0.335 e. The molecule has 1 spiro atoms. The largest absolute Gasteiger partial charge is 0.478 e. The van der Waals surface area contributed by atoms with Crippen LogP contribution in [0.2, 0.25) is 0 Å². The molecule has 1 saturated heterocycles. The molecule has 2 N–H and O–H groups in total. The van der Waals surface area contributed by atoms with Crippen LogP contribution in [0.15, 0.2) is 54.7 Å². The molecule has 1 saturated carbocycles. The van der Waals surface area contributed by atoms with Gasteiger partial charge in [-0.2, -0.15) is 0 Å². The van der Waals surface area contributed by atoms with Crippen LogP contribution in [0.1, 0.15) is 58.8 Å². The molecule has 2 fully saturated rings. The zero-order chi connectivity index (χ0) is 22.6. The molecule has 3 aliphatic rings. The number of aryl methyl sites for hydroxylation is 1. The van der Waals surface area contributed by atoms with Crippen LogP contribution in [0.4, 0.5) is 0 Å². The molecule has 6 heteroatoms. The van der Waals surface area contributed by atoms with E-state index in [9.17, 15) is 4.79 Å². The Hall–Kier alpha value is -3.09. The van der Waals surface area contributed by atoms with E-state index in [0.29, 0.717) is 11.6 Å². The maximum absolute atomic E-state index is 11.1. The maximum Gasteiger partial charge on any atom is 0.335 e. The van der Waals surface area contributed by atoms with Gasteiger partial charge in [-0.05, 0) is 67.5 Å². The Morgan fingerprint density at radius 3 is 2.61 bits per heavy atom. The van der Waals surface area contributed by atoms with Gasteiger partial charge < -0.3 is 9.67 Å². The van der Waals surface area contributed by atoms with Crippen LogP contribution in [0.25, 0.3) is 16.6 Å². The van der Waals surface area contributed by atoms with E-state index in [1.807, 2.05) is 12.1 Å². The van der Waals surface area contributed by atoms with E-state index in [4.69, 9.17) is 9.94 Å². The number of hydrogen-bond acceptors (Lipinski definition) is 4. The number of likely N-dealkylation sites (tertiary alicyclic amines) is 1. The minimum Gasteiger partial charge on any atom is -0.478 e. The highest BCUT2D eigenvalue weighted by molar-refractivity contribution is 5.88. The van der Waals surface area contributed by atoms with Crippen LogP contribution in [-0.4, -0.2) is 39.2 Å². The Bertz CT molecular complexity index is 1250. The predicted molar refractivity (Wildman–Crippen MR) is 128 cm³/mol. The average molecular weight is 444 g/mol. The van der Waals surface area contributed by atoms with Gasteiger partial charge in [-0.25, -0.2) is 4.79 Å². The molecule has 6 nitrogen and oxygen atoms in total. The molecule has 0 amide bonds. The van der Waals surface area contributed by atoms with Crippen molar-refractivity contribution in [1.82, 2.24) is 14.9 Å². The highest BCUT2D eigenvalue weighted by atomic mass is 16.7. The Morgan fingerprint density at radius 1 is 1.15 bits per heavy atom. The lowest BCUT2D eigenvalue weighted by Crippen LogP contribution is -2.44. The fraction of sp³-hybridized carbons (Fsp3) is 0.370. The summed E-state index contributed by atoms with van der Waals surface area (Å²) in [6, 6.07) is 14.3. The van der Waals surface area contributed by atoms with Gasteiger partial charge in [0.25, 0.3) is 0 Å². The molecule has 33 heavy (non-hydrogen) atoms. The van der Waals surface area contributed by atoms with E-state index in [1.165, 1.54) is 34.9 Å². The number of fused-ring (bicyclic) bond motifs is 1. The van der Waals surface area contributed by atoms with E-state index >= 15 is 0 Å². The number of aromatic carboxylic acids is 1. The second-order valence-corrected chi connectivity index (χ2v) is 9.75. The number of para-hydroxylation sites is 1. The lowest BCUT2D eigenvalue weighted by molar-refractivity contribution is -0.0703. The second-order valence-electron chi connectivity index (χ2n) is 9.75. The minimum atomic E-state index is -0.912. The van der Waals surface area contributed by atoms with E-state index < -0.39 is 5.97 Å². The molecule has 0 bridgehead atoms. The SMILES string of the molecule is Cc1cccc2c(CN3CCC4(C=C(c5ccc(C(=O)O)cc5)NO4)CC3)cn(C3CC3)c12. The van der Waals surface area contributed by atoms with Gasteiger partial charge in [-0.15, -0.1) is 0 Å². The third-order valence-corrected chi connectivity index (χ3v) is 7.39. The highest BCUT2D eigenvalue weighted by Gasteiger charge is 2.39. The predicted octanol–water partition coefficient (Wildman–Crippen LogP) is 4.89. The summed E-state index contributed by atoms with van der Waals surface area (Å²) in [5.74, 6) is -0.912. The standard InChI is InChI=1S/C27H29N3O3/c1-18-3-2-4-23-21(17-30(25(18)23)22-9-10-22)16-29-13-11-27(12-14-29)15-24(28-33-27)19-5-7-20(8-6-19)26(31)32/h2-8,15,17,22,28H,9-14,16H2,1H3,(H,31,32). The van der Waals surface area contributed by atoms with Crippen molar-refractivity contribution in [3.8, 4) is 0 Å². The van der Waals surface area contributed by atoms with Crippen molar-refractivity contribution in [2.45, 2.75) is 50.8 Å². The van der Waals surface area contributed by atoms with Gasteiger partial charge in [0.05, 0.1) is 16.8 Å². The molecule has 0 radical (unpaired) electrons. The van der Waals surface area contributed by atoms with Crippen LogP contribution >= 0.6 is 0 Å². The van der Waals surface area contributed by atoms with Gasteiger partial charge in [-0.3, -0.25) is 15.2 Å². The van der Waals surface area contributed by atoms with E-state index in [1.54, 1.807) is 12.1 Å². The number of carboxylic acids is 1. The first-order chi connectivity index (χ1) is 16.0. The Labute approximate surface area is 193 Å². The third kappa shape index (κ3) is 3.73. The van der Waals surface area contributed by atoms with Crippen molar-refractivity contribution in [3.05, 3.63) is 77.0 Å². The molecule has 3 heterocycles. The molecule has 6 rings (SSSR count). The number of benzene rings is 2. The minimum absolute atomic E-state index is 0.291. The summed E-state index contributed by atoms with van der Waals surface area (Å²) in [6.45, 7) is 5.15. The summed E-state index contributed by atoms with van der Waals surface area (Å²) < 4.78 is 2.51. The van der Waals surface area contributed by atoms with Crippen LogP contribution in [0.3, 0.4) is 0 Å². The summed E-state index contributed by atoms with van der Waals surface area (Å²) >= 11 is 0. The van der Waals surface area contributed by atoms with Gasteiger partial charge in [0.2, 0.25) is 0 Å². The summed E-state index contributed by atoms with van der Waals surface area (Å²) in [4.78, 5) is 19.7. The summed E-state index contributed by atoms with van der Waals surface area (Å²) in [7, 11) is 0. The quantitative estimate of drug-likeness (QED) is 0.588. The summed E-state index contributed by atoms with van der Waals surface area (Å²) in [5.41, 5.74) is 9.16. The first-order valence-corrected chi connectivity index (χ1v) is 11.8. The normalized spacial score (nSPS) is 20.2. The molecule has 1 aromatic heterocycles. The first kappa shape index (κ1) is 20.5. The number of aromatic nitrogens is 1. The number of carboxylic acid groups (broad SMARTS) is 1. The lowest BCUT2D eigenvalue weighted by Gasteiger charge is -2.36. The first-order valence-electron chi connectivity index (χ1n) is 11.8. The number of carbonyl (C=O) groups is 1. The second kappa shape index (κ2) is 7.75. The van der Waals surface area contributed by atoms with Crippen molar-refractivity contribution >= 4 is 22.6 Å². The third-order valence-electron chi connectivity index (χ3n) is 7.39. The number of nitrogens with zero attached hydrogens (tertiary/aromatic N) is 2. The monoisotopic (exact) mass is 443 g/mol. The number of rotatable bonds is 5. The van der Waals surface area contributed by atoms with Gasteiger partial charge in [0, 0.05) is 37.3 Å². The number of piperidine rings is 1. The van der Waals surface area contributed by atoms with Crippen molar-refractivity contribution in [1.29, 1.82) is 0 Å². The van der Waals surface area contributed by atoms with Crippen LogP contribution in [0.5, 0.6) is 0 Å². The van der Waals surface area contributed by atoms with Crippen LogP contribution < -0.4 is 5.48 Å². The van der Waals surface area contributed by atoms with Crippen LogP contribution in [0, 0.1) is 6.92 Å². The van der Waals surface area contributed by atoms with Crippen LogP contribution in [-0.2, 0) is 11.4 Å². The van der Waals surface area contributed by atoms with E-state index in [2.05, 4.69) is 52.3 Å². The Morgan fingerprint density at radius 2 is 1.91 bits per heavy atom. The van der Waals surface area contributed by atoms with Crippen molar-refractivity contribution in [2.24, 2.45) is 0 Å². The van der Waals surface area contributed by atoms with Crippen molar-refractivity contribution in [2.75, 3.05) is 13.1 Å². The van der Waals surface area contributed by atoms with Crippen molar-refractivity contribution < 1.29 is 14.7 Å². The van der Waals surface area contributed by atoms with Gasteiger partial charge in [0.15, 0.2) is 0 Å². The zero-order valence-electron chi connectivity index (χ0n) is 18.9. The topological polar surface area (TPSA) is 66.7 Å². The lowest BCUT2D eigenvalue weighted by atomic mass is 9.90. The zero-order valence-corrected chi connectivity index (χ0v) is 18.9. The van der Waals surface area contributed by atoms with E-state index in [-0.39, 0.29) is 5.60 Å². The molecule has 2 aliphatic heterocycles. The molecule has 170 valence electrons. The molecular formula is C27H29N3O3. The summed E-state index contributed by atoms with van der Waals surface area (Å²) in [6.07, 6.45) is 9.02. The number of hydroxylamine groups is 1. The molecule has 2 aromatic carbocycles. The fourth-order valence-electron chi connectivity index (χ4n) is 5.32. The molecule has 3 aromatic rings. The highest BCUT2D eigenvalue weighted by Crippen LogP contribution is 2.41. The Balaban J connectivity index is 1.16. The molecular weight excluding hydrogens is 414 g/mol. The fourth-order valence-corrected chi connectivity index (χ4v) is 5.32. The molecule has 1 aliphatic carbocycles. The van der Waals surface area contributed by atoms with Gasteiger partial charge >= 0.3 is 5.97 Å². The maximum atomic E-state index is 11.1. The number of nitrogens with one attached hydrogen (secondary N) is 1. The summed E-state index contributed by atoms with van der Waals surface area (Å²) in [5, 5.41) is 10.5. The molecule has 0 unspecified atom stereocenters. The van der Waals surface area contributed by atoms with E-state index in [0.717, 1.165) is 43.7 Å². The number of hydrogen-bond donors (Lipinski definition) is 2. The van der Waals surface area contributed by atoms with Gasteiger partial charge in [-0.1, -0.05) is 30.3 Å². The van der Waals surface area contributed by atoms with Gasteiger partial charge in [0.1, 0.15) is 5.60 Å². The average Bonchev–Trinajstić information content (AvgIpc) is 3.49. The Kier molecular flexibility index (Phi) is 4.82. The molecule has 0 atom stereocenters. The van der Waals surface area contributed by atoms with Crippen molar-refractivity contribution in [3.63, 3.8) is 0 Å².